The Labute approximate surface area is 128 Å². The highest BCUT2D eigenvalue weighted by atomic mass is 16.5. The number of rotatable bonds is 7. The lowest BCUT2D eigenvalue weighted by atomic mass is 10.0. The first-order chi connectivity index (χ1) is 10.1. The maximum Gasteiger partial charge on any atom is 0.216 e. The Hall–Kier alpha value is -1.07. The summed E-state index contributed by atoms with van der Waals surface area (Å²) in [5.74, 6) is 0.865. The third-order valence-electron chi connectivity index (χ3n) is 4.52. The van der Waals surface area contributed by atoms with Crippen LogP contribution in [-0.4, -0.2) is 47.5 Å². The molecule has 1 aliphatic heterocycles. The Morgan fingerprint density at radius 1 is 1.38 bits per heavy atom. The van der Waals surface area contributed by atoms with Crippen molar-refractivity contribution < 1.29 is 4.74 Å². The molecule has 1 aromatic rings. The van der Waals surface area contributed by atoms with Gasteiger partial charge in [-0.05, 0) is 52.7 Å². The molecule has 120 valence electrons. The summed E-state index contributed by atoms with van der Waals surface area (Å²) in [6.45, 7) is 8.75. The van der Waals surface area contributed by atoms with Crippen LogP contribution in [0.2, 0.25) is 0 Å². The lowest BCUT2D eigenvalue weighted by molar-refractivity contribution is 0.159. The second kappa shape index (κ2) is 7.80. The van der Waals surface area contributed by atoms with Crippen molar-refractivity contribution in [2.24, 2.45) is 7.05 Å². The number of aryl methyl sites for hydroxylation is 2. The van der Waals surface area contributed by atoms with Crippen molar-refractivity contribution in [3.8, 4) is 5.88 Å². The highest BCUT2D eigenvalue weighted by Crippen LogP contribution is 2.20. The molecule has 0 saturated carbocycles. The zero-order valence-corrected chi connectivity index (χ0v) is 14.0. The van der Waals surface area contributed by atoms with Gasteiger partial charge in [0, 0.05) is 19.6 Å². The summed E-state index contributed by atoms with van der Waals surface area (Å²) in [6.07, 6.45) is 5.32. The minimum atomic E-state index is 0.763. The van der Waals surface area contributed by atoms with Crippen LogP contribution in [0, 0.1) is 6.92 Å². The second-order valence-corrected chi connectivity index (χ2v) is 6.11. The summed E-state index contributed by atoms with van der Waals surface area (Å²) in [7, 11) is 3.63. The topological polar surface area (TPSA) is 42.3 Å². The van der Waals surface area contributed by atoms with E-state index in [0.29, 0.717) is 0 Å². The predicted molar refractivity (Wildman–Crippen MR) is 85.7 cm³/mol. The smallest absolute Gasteiger partial charge is 0.216 e. The van der Waals surface area contributed by atoms with Crippen LogP contribution in [0.5, 0.6) is 5.88 Å². The number of hydrogen-bond donors (Lipinski definition) is 1. The fourth-order valence-electron chi connectivity index (χ4n) is 3.25. The van der Waals surface area contributed by atoms with Crippen LogP contribution in [0.4, 0.5) is 0 Å². The Bertz CT molecular complexity index is 444. The molecule has 0 spiro atoms. The van der Waals surface area contributed by atoms with Crippen molar-refractivity contribution in [1.82, 2.24) is 20.0 Å². The van der Waals surface area contributed by atoms with E-state index in [9.17, 15) is 0 Å². The minimum Gasteiger partial charge on any atom is -0.481 e. The molecule has 0 radical (unpaired) electrons. The molecule has 0 bridgehead atoms. The number of nitrogens with one attached hydrogen (secondary N) is 1. The van der Waals surface area contributed by atoms with Gasteiger partial charge in [-0.1, -0.05) is 6.42 Å². The van der Waals surface area contributed by atoms with Gasteiger partial charge in [-0.15, -0.1) is 0 Å². The van der Waals surface area contributed by atoms with E-state index in [2.05, 4.69) is 22.2 Å². The van der Waals surface area contributed by atoms with E-state index < -0.39 is 0 Å². The molecule has 2 rings (SSSR count). The third-order valence-corrected chi connectivity index (χ3v) is 4.52. The molecule has 5 heteroatoms. The SMILES string of the molecule is COc1c(CNCCCN2CCCCC2C)c(C)nn1C. The van der Waals surface area contributed by atoms with Crippen molar-refractivity contribution in [3.05, 3.63) is 11.3 Å². The van der Waals surface area contributed by atoms with Gasteiger partial charge in [0.05, 0.1) is 18.4 Å². The summed E-state index contributed by atoms with van der Waals surface area (Å²) in [5, 5.41) is 7.93. The molecular weight excluding hydrogens is 264 g/mol. The molecule has 1 aromatic heterocycles. The zero-order valence-electron chi connectivity index (χ0n) is 14.0. The van der Waals surface area contributed by atoms with Gasteiger partial charge in [0.1, 0.15) is 0 Å². The molecule has 0 aromatic carbocycles. The third kappa shape index (κ3) is 4.20. The molecule has 1 N–H and O–H groups in total. The first-order valence-corrected chi connectivity index (χ1v) is 8.14. The van der Waals surface area contributed by atoms with Gasteiger partial charge in [0.15, 0.2) is 0 Å². The molecule has 1 aliphatic rings. The van der Waals surface area contributed by atoms with Crippen LogP contribution >= 0.6 is 0 Å². The fourth-order valence-corrected chi connectivity index (χ4v) is 3.25. The molecule has 1 atom stereocenters. The zero-order chi connectivity index (χ0) is 15.2. The first kappa shape index (κ1) is 16.3. The summed E-state index contributed by atoms with van der Waals surface area (Å²) in [6, 6.07) is 0.763. The van der Waals surface area contributed by atoms with E-state index in [1.54, 1.807) is 7.11 Å². The Morgan fingerprint density at radius 2 is 2.19 bits per heavy atom. The van der Waals surface area contributed by atoms with E-state index in [1.807, 2.05) is 18.7 Å². The molecule has 21 heavy (non-hydrogen) atoms. The molecule has 0 amide bonds. The Kier molecular flexibility index (Phi) is 6.06. The number of aromatic nitrogens is 2. The average molecular weight is 294 g/mol. The summed E-state index contributed by atoms with van der Waals surface area (Å²) in [5.41, 5.74) is 2.22. The molecule has 1 unspecified atom stereocenters. The van der Waals surface area contributed by atoms with Crippen molar-refractivity contribution >= 4 is 0 Å². The van der Waals surface area contributed by atoms with Crippen molar-refractivity contribution in [2.45, 2.75) is 52.1 Å². The standard InChI is InChI=1S/C16H30N4O/c1-13-8-5-6-10-20(13)11-7-9-17-12-15-14(2)18-19(3)16(15)21-4/h13,17H,5-12H2,1-4H3. The van der Waals surface area contributed by atoms with Gasteiger partial charge in [0.25, 0.3) is 0 Å². The maximum atomic E-state index is 5.42. The number of methoxy groups -OCH3 is 1. The highest BCUT2D eigenvalue weighted by molar-refractivity contribution is 5.30. The molecular formula is C16H30N4O. The number of hydrogen-bond acceptors (Lipinski definition) is 4. The van der Waals surface area contributed by atoms with Crippen LogP contribution in [0.1, 0.15) is 43.9 Å². The number of likely N-dealkylation sites (tertiary alicyclic amines) is 1. The highest BCUT2D eigenvalue weighted by Gasteiger charge is 2.17. The van der Waals surface area contributed by atoms with E-state index >= 15 is 0 Å². The number of ether oxygens (including phenoxy) is 1. The van der Waals surface area contributed by atoms with Crippen LogP contribution in [0.25, 0.3) is 0 Å². The van der Waals surface area contributed by atoms with Gasteiger partial charge in [-0.3, -0.25) is 0 Å². The molecule has 1 fully saturated rings. The van der Waals surface area contributed by atoms with Gasteiger partial charge in [-0.2, -0.15) is 5.10 Å². The van der Waals surface area contributed by atoms with Crippen LogP contribution in [-0.2, 0) is 13.6 Å². The molecule has 0 aliphatic carbocycles. The quantitative estimate of drug-likeness (QED) is 0.782. The van der Waals surface area contributed by atoms with E-state index in [1.165, 1.54) is 44.3 Å². The van der Waals surface area contributed by atoms with E-state index in [-0.39, 0.29) is 0 Å². The van der Waals surface area contributed by atoms with Gasteiger partial charge in [0.2, 0.25) is 5.88 Å². The number of piperidine rings is 1. The van der Waals surface area contributed by atoms with Crippen molar-refractivity contribution in [1.29, 1.82) is 0 Å². The van der Waals surface area contributed by atoms with Gasteiger partial charge >= 0.3 is 0 Å². The normalized spacial score (nSPS) is 19.9. The Balaban J connectivity index is 1.70. The van der Waals surface area contributed by atoms with E-state index in [0.717, 1.165) is 30.7 Å². The number of nitrogens with zero attached hydrogens (tertiary/aromatic N) is 3. The maximum absolute atomic E-state index is 5.42. The van der Waals surface area contributed by atoms with Crippen LogP contribution in [0.15, 0.2) is 0 Å². The Morgan fingerprint density at radius 3 is 2.90 bits per heavy atom. The minimum absolute atomic E-state index is 0.763. The molecule has 1 saturated heterocycles. The first-order valence-electron chi connectivity index (χ1n) is 8.14. The lowest BCUT2D eigenvalue weighted by Gasteiger charge is -2.33. The summed E-state index contributed by atoms with van der Waals surface area (Å²) < 4.78 is 7.22. The van der Waals surface area contributed by atoms with Crippen molar-refractivity contribution in [2.75, 3.05) is 26.7 Å². The van der Waals surface area contributed by atoms with E-state index in [4.69, 9.17) is 4.74 Å². The van der Waals surface area contributed by atoms with Crippen molar-refractivity contribution in [3.63, 3.8) is 0 Å². The fraction of sp³-hybridized carbons (Fsp3) is 0.812. The average Bonchev–Trinajstić information content (AvgIpc) is 2.74. The van der Waals surface area contributed by atoms with Gasteiger partial charge in [-0.25, -0.2) is 4.68 Å². The lowest BCUT2D eigenvalue weighted by Crippen LogP contribution is -2.38. The molecule has 5 nitrogen and oxygen atoms in total. The van der Waals surface area contributed by atoms with Crippen LogP contribution < -0.4 is 10.1 Å². The van der Waals surface area contributed by atoms with Gasteiger partial charge < -0.3 is 15.0 Å². The van der Waals surface area contributed by atoms with Crippen LogP contribution in [0.3, 0.4) is 0 Å². The summed E-state index contributed by atoms with van der Waals surface area (Å²) in [4.78, 5) is 2.63. The molecule has 2 heterocycles. The largest absolute Gasteiger partial charge is 0.481 e. The summed E-state index contributed by atoms with van der Waals surface area (Å²) >= 11 is 0. The monoisotopic (exact) mass is 294 g/mol. The second-order valence-electron chi connectivity index (χ2n) is 6.11. The predicted octanol–water partition coefficient (Wildman–Crippen LogP) is 2.09.